The first-order chi connectivity index (χ1) is 5.95. The van der Waals surface area contributed by atoms with Gasteiger partial charge in [-0.2, -0.15) is 0 Å². The minimum Gasteiger partial charge on any atom is -0.299 e. The molecule has 1 N–H and O–H groups in total. The number of nitrogens with zero attached hydrogens (tertiary/aromatic N) is 1. The van der Waals surface area contributed by atoms with Gasteiger partial charge in [0, 0.05) is 10.7 Å². The lowest BCUT2D eigenvalue weighted by Crippen LogP contribution is -2.12. The third kappa shape index (κ3) is 2.43. The second-order valence-electron chi connectivity index (χ2n) is 2.22. The monoisotopic (exact) mass is 236 g/mol. The van der Waals surface area contributed by atoms with E-state index >= 15 is 0 Å². The van der Waals surface area contributed by atoms with Gasteiger partial charge in [-0.15, -0.1) is 0 Å². The largest absolute Gasteiger partial charge is 0.299 e. The normalized spacial score (nSPS) is 20.6. The molecule has 0 heterocycles. The quantitative estimate of drug-likeness (QED) is 0.410. The zero-order chi connectivity index (χ0) is 10.1. The predicted octanol–water partition coefficient (Wildman–Crippen LogP) is 1.31. The van der Waals surface area contributed by atoms with E-state index in [0.717, 1.165) is 0 Å². The van der Waals surface area contributed by atoms with E-state index in [0.29, 0.717) is 0 Å². The Morgan fingerprint density at radius 1 is 1.46 bits per heavy atom. The smallest absolute Gasteiger partial charge is 0.261 e. The second-order valence-corrected chi connectivity index (χ2v) is 4.98. The Morgan fingerprint density at radius 3 is 2.54 bits per heavy atom. The molecule has 0 amide bonds. The van der Waals surface area contributed by atoms with Gasteiger partial charge < -0.3 is 0 Å². The summed E-state index contributed by atoms with van der Waals surface area (Å²) < 4.78 is 25.1. The lowest BCUT2D eigenvalue weighted by atomic mass is 10.1. The number of thiol groups is 1. The third-order valence-corrected chi connectivity index (χ3v) is 2.93. The zero-order valence-corrected chi connectivity index (χ0v) is 8.70. The summed E-state index contributed by atoms with van der Waals surface area (Å²) in [5, 5.41) is 7.29. The van der Waals surface area contributed by atoms with E-state index < -0.39 is 9.05 Å². The van der Waals surface area contributed by atoms with Crippen molar-refractivity contribution >= 4 is 44.0 Å². The van der Waals surface area contributed by atoms with Crippen LogP contribution in [0.2, 0.25) is 0 Å². The summed E-state index contributed by atoms with van der Waals surface area (Å²) in [6.07, 6.45) is 3.73. The minimum absolute atomic E-state index is 0.0852. The molecule has 13 heavy (non-hydrogen) atoms. The van der Waals surface area contributed by atoms with Crippen LogP contribution < -0.4 is 0 Å². The standard InChI is InChI=1S/C6H5ClN2O2S2/c7-13(10,11)4-1-2-5(8)6(3-4)9-12/h1-3,8,12H/b8-5?,9-6-. The van der Waals surface area contributed by atoms with Crippen molar-refractivity contribution in [1.82, 2.24) is 0 Å². The Hall–Kier alpha value is -0.590. The first-order valence-corrected chi connectivity index (χ1v) is 5.81. The van der Waals surface area contributed by atoms with Crippen LogP contribution in [0, 0.1) is 5.41 Å². The van der Waals surface area contributed by atoms with E-state index in [2.05, 4.69) is 17.2 Å². The van der Waals surface area contributed by atoms with Crippen molar-refractivity contribution < 1.29 is 8.42 Å². The number of rotatable bonds is 1. The molecule has 1 aliphatic rings. The molecule has 1 rings (SSSR count). The van der Waals surface area contributed by atoms with E-state index in [1.807, 2.05) is 0 Å². The predicted molar refractivity (Wildman–Crippen MR) is 56.1 cm³/mol. The maximum Gasteiger partial charge on any atom is 0.261 e. The Kier molecular flexibility index (Phi) is 2.94. The maximum atomic E-state index is 10.8. The first kappa shape index (κ1) is 10.5. The number of allylic oxidation sites excluding steroid dienone is 3. The highest BCUT2D eigenvalue weighted by Crippen LogP contribution is 2.17. The molecule has 0 spiro atoms. The fraction of sp³-hybridized carbons (Fsp3) is 0. The summed E-state index contributed by atoms with van der Waals surface area (Å²) in [5.74, 6) is 0. The maximum absolute atomic E-state index is 10.8. The van der Waals surface area contributed by atoms with Crippen molar-refractivity contribution in [2.75, 3.05) is 0 Å². The molecular weight excluding hydrogens is 232 g/mol. The van der Waals surface area contributed by atoms with Gasteiger partial charge in [-0.25, -0.2) is 12.8 Å². The lowest BCUT2D eigenvalue weighted by Gasteiger charge is -2.05. The average molecular weight is 237 g/mol. The van der Waals surface area contributed by atoms with Crippen LogP contribution >= 0.6 is 23.5 Å². The van der Waals surface area contributed by atoms with Crippen LogP contribution in [0.15, 0.2) is 27.5 Å². The van der Waals surface area contributed by atoms with Crippen LogP contribution in [0.3, 0.4) is 0 Å². The SMILES string of the molecule is N=C1C=CC(S(=O)(=O)Cl)=C/C1=N/S. The van der Waals surface area contributed by atoms with Gasteiger partial charge in [-0.05, 0) is 31.0 Å². The van der Waals surface area contributed by atoms with Crippen molar-refractivity contribution in [2.24, 2.45) is 4.40 Å². The van der Waals surface area contributed by atoms with Crippen molar-refractivity contribution in [3.63, 3.8) is 0 Å². The molecule has 0 saturated heterocycles. The van der Waals surface area contributed by atoms with Crippen molar-refractivity contribution in [1.29, 1.82) is 5.41 Å². The van der Waals surface area contributed by atoms with Crippen molar-refractivity contribution in [3.05, 3.63) is 23.1 Å². The Labute approximate surface area is 85.5 Å². The Morgan fingerprint density at radius 2 is 2.08 bits per heavy atom. The van der Waals surface area contributed by atoms with Crippen molar-refractivity contribution in [3.8, 4) is 0 Å². The summed E-state index contributed by atoms with van der Waals surface area (Å²) in [6.45, 7) is 0. The number of hydrogen-bond donors (Lipinski definition) is 2. The van der Waals surface area contributed by atoms with Gasteiger partial charge >= 0.3 is 0 Å². The van der Waals surface area contributed by atoms with E-state index in [9.17, 15) is 8.42 Å². The molecule has 70 valence electrons. The summed E-state index contributed by atoms with van der Waals surface area (Å²) in [4.78, 5) is -0.0852. The molecule has 0 aromatic rings. The average Bonchev–Trinajstić information content (AvgIpc) is 2.03. The lowest BCUT2D eigenvalue weighted by molar-refractivity contribution is 0.615. The van der Waals surface area contributed by atoms with Gasteiger partial charge in [-0.1, -0.05) is 0 Å². The highest BCUT2D eigenvalue weighted by atomic mass is 35.7. The van der Waals surface area contributed by atoms with E-state index in [4.69, 9.17) is 16.1 Å². The number of nitrogens with one attached hydrogen (secondary N) is 1. The van der Waals surface area contributed by atoms with E-state index in [1.54, 1.807) is 0 Å². The minimum atomic E-state index is -3.76. The summed E-state index contributed by atoms with van der Waals surface area (Å²) in [6, 6.07) is 0. The molecule has 0 saturated carbocycles. The van der Waals surface area contributed by atoms with Crippen LogP contribution in [0.4, 0.5) is 0 Å². The van der Waals surface area contributed by atoms with Crippen LogP contribution in [0.5, 0.6) is 0 Å². The highest BCUT2D eigenvalue weighted by Gasteiger charge is 2.17. The second kappa shape index (κ2) is 3.65. The molecular formula is C6H5ClN2O2S2. The van der Waals surface area contributed by atoms with Crippen LogP contribution in [0.1, 0.15) is 0 Å². The summed E-state index contributed by atoms with van der Waals surface area (Å²) in [7, 11) is 1.33. The summed E-state index contributed by atoms with van der Waals surface area (Å²) >= 11 is 3.59. The molecule has 0 aliphatic heterocycles. The molecule has 0 radical (unpaired) electrons. The van der Waals surface area contributed by atoms with Crippen LogP contribution in [0.25, 0.3) is 0 Å². The van der Waals surface area contributed by atoms with Gasteiger partial charge in [0.1, 0.15) is 0 Å². The Bertz CT molecular complexity index is 434. The molecule has 0 aromatic carbocycles. The van der Waals surface area contributed by atoms with Crippen LogP contribution in [-0.2, 0) is 9.05 Å². The van der Waals surface area contributed by atoms with Gasteiger partial charge in [-0.3, -0.25) is 5.41 Å². The molecule has 1 aliphatic carbocycles. The van der Waals surface area contributed by atoms with Crippen LogP contribution in [-0.4, -0.2) is 19.8 Å². The topological polar surface area (TPSA) is 70.3 Å². The zero-order valence-electron chi connectivity index (χ0n) is 6.23. The fourth-order valence-electron chi connectivity index (χ4n) is 0.746. The van der Waals surface area contributed by atoms with Gasteiger partial charge in [0.25, 0.3) is 9.05 Å². The van der Waals surface area contributed by atoms with E-state index in [-0.39, 0.29) is 16.3 Å². The molecule has 0 aromatic heterocycles. The number of halogens is 1. The van der Waals surface area contributed by atoms with Gasteiger partial charge in [0.05, 0.1) is 16.3 Å². The highest BCUT2D eigenvalue weighted by molar-refractivity contribution is 8.17. The van der Waals surface area contributed by atoms with Gasteiger partial charge in [0.15, 0.2) is 0 Å². The first-order valence-electron chi connectivity index (χ1n) is 3.10. The van der Waals surface area contributed by atoms with E-state index in [1.165, 1.54) is 18.2 Å². The molecule has 7 heteroatoms. The third-order valence-electron chi connectivity index (χ3n) is 1.36. The van der Waals surface area contributed by atoms with Crippen molar-refractivity contribution in [2.45, 2.75) is 0 Å². The summed E-state index contributed by atoms with van der Waals surface area (Å²) in [5.41, 5.74) is 0.268. The molecule has 0 bridgehead atoms. The molecule has 0 fully saturated rings. The van der Waals surface area contributed by atoms with Gasteiger partial charge in [0.2, 0.25) is 0 Å². The molecule has 0 unspecified atom stereocenters. The molecule has 4 nitrogen and oxygen atoms in total. The fourth-order valence-corrected chi connectivity index (χ4v) is 1.68. The molecule has 0 atom stereocenters. The Balaban J connectivity index is 3.21. The number of hydrogen-bond acceptors (Lipinski definition) is 5.